The van der Waals surface area contributed by atoms with Crippen LogP contribution in [0.1, 0.15) is 56.3 Å². The average Bonchev–Trinajstić information content (AvgIpc) is 2.75. The lowest BCUT2D eigenvalue weighted by atomic mass is 9.96. The molecule has 0 unspecified atom stereocenters. The standard InChI is InChI=1S/C23H29BrN2O4S/c1-16(2)30-22-14-9-17(15-21(22)24)23(27)25-18-10-12-20(13-11-18)31(28,29)26(3)19-7-5-4-6-8-19/h9-16,19H,4-8H2,1-3H3,(H,25,27). The van der Waals surface area contributed by atoms with E-state index in [-0.39, 0.29) is 22.9 Å². The lowest BCUT2D eigenvalue weighted by Crippen LogP contribution is -2.38. The summed E-state index contributed by atoms with van der Waals surface area (Å²) in [4.78, 5) is 12.8. The van der Waals surface area contributed by atoms with Gasteiger partial charge in [0.1, 0.15) is 5.75 Å². The number of anilines is 1. The Kier molecular flexibility index (Phi) is 7.78. The quantitative estimate of drug-likeness (QED) is 0.539. The molecule has 1 N–H and O–H groups in total. The van der Waals surface area contributed by atoms with Gasteiger partial charge in [0.25, 0.3) is 5.91 Å². The second-order valence-electron chi connectivity index (χ2n) is 8.10. The fraction of sp³-hybridized carbons (Fsp3) is 0.435. The number of amides is 1. The summed E-state index contributed by atoms with van der Waals surface area (Å²) < 4.78 is 33.8. The summed E-state index contributed by atoms with van der Waals surface area (Å²) >= 11 is 3.43. The molecule has 168 valence electrons. The summed E-state index contributed by atoms with van der Waals surface area (Å²) in [6, 6.07) is 11.5. The molecule has 2 aromatic carbocycles. The van der Waals surface area contributed by atoms with Gasteiger partial charge in [-0.15, -0.1) is 0 Å². The van der Waals surface area contributed by atoms with Gasteiger partial charge in [0.05, 0.1) is 15.5 Å². The first-order valence-electron chi connectivity index (χ1n) is 10.5. The monoisotopic (exact) mass is 508 g/mol. The van der Waals surface area contributed by atoms with E-state index in [9.17, 15) is 13.2 Å². The maximum atomic E-state index is 13.0. The third-order valence-corrected chi connectivity index (χ3v) is 7.98. The normalized spacial score (nSPS) is 15.3. The first-order valence-corrected chi connectivity index (χ1v) is 12.8. The molecule has 0 heterocycles. The number of nitrogens with one attached hydrogen (secondary N) is 1. The molecule has 0 aliphatic heterocycles. The summed E-state index contributed by atoms with van der Waals surface area (Å²) in [6.45, 7) is 3.87. The summed E-state index contributed by atoms with van der Waals surface area (Å²) in [5, 5.41) is 2.81. The van der Waals surface area contributed by atoms with E-state index in [1.54, 1.807) is 49.5 Å². The van der Waals surface area contributed by atoms with Gasteiger partial charge in [-0.25, -0.2) is 8.42 Å². The molecule has 0 saturated heterocycles. The number of benzene rings is 2. The number of hydrogen-bond donors (Lipinski definition) is 1. The first-order chi connectivity index (χ1) is 14.7. The smallest absolute Gasteiger partial charge is 0.255 e. The van der Waals surface area contributed by atoms with Gasteiger partial charge >= 0.3 is 0 Å². The predicted molar refractivity (Wildman–Crippen MR) is 126 cm³/mol. The summed E-state index contributed by atoms with van der Waals surface area (Å²) in [5.74, 6) is 0.384. The second kappa shape index (κ2) is 10.1. The van der Waals surface area contributed by atoms with Gasteiger partial charge in [0.15, 0.2) is 0 Å². The molecule has 0 spiro atoms. The first kappa shape index (κ1) is 23.8. The van der Waals surface area contributed by atoms with E-state index >= 15 is 0 Å². The molecule has 1 saturated carbocycles. The minimum atomic E-state index is -3.56. The van der Waals surface area contributed by atoms with Crippen molar-refractivity contribution in [2.45, 2.75) is 63.0 Å². The number of carbonyl (C=O) groups is 1. The number of sulfonamides is 1. The van der Waals surface area contributed by atoms with Crippen LogP contribution in [0, 0.1) is 0 Å². The lowest BCUT2D eigenvalue weighted by molar-refractivity contribution is 0.102. The summed E-state index contributed by atoms with van der Waals surface area (Å²) in [7, 11) is -1.90. The number of nitrogens with zero attached hydrogens (tertiary/aromatic N) is 1. The molecule has 31 heavy (non-hydrogen) atoms. The van der Waals surface area contributed by atoms with E-state index in [1.165, 1.54) is 10.7 Å². The Morgan fingerprint density at radius 1 is 1.10 bits per heavy atom. The highest BCUT2D eigenvalue weighted by Crippen LogP contribution is 2.28. The van der Waals surface area contributed by atoms with E-state index in [0.717, 1.165) is 25.7 Å². The van der Waals surface area contributed by atoms with Crippen molar-refractivity contribution in [2.75, 3.05) is 12.4 Å². The average molecular weight is 509 g/mol. The SMILES string of the molecule is CC(C)Oc1ccc(C(=O)Nc2ccc(S(=O)(=O)N(C)C3CCCCC3)cc2)cc1Br. The molecule has 0 atom stereocenters. The predicted octanol–water partition coefficient (Wildman–Crippen LogP) is 5.44. The molecule has 1 aliphatic carbocycles. The minimum absolute atomic E-state index is 0.0305. The van der Waals surface area contributed by atoms with Gasteiger partial charge in [0.2, 0.25) is 10.0 Å². The van der Waals surface area contributed by atoms with Crippen LogP contribution in [0.2, 0.25) is 0 Å². The van der Waals surface area contributed by atoms with E-state index in [4.69, 9.17) is 4.74 Å². The zero-order valence-corrected chi connectivity index (χ0v) is 20.5. The van der Waals surface area contributed by atoms with Gasteiger partial charge < -0.3 is 10.1 Å². The molecule has 0 aromatic heterocycles. The minimum Gasteiger partial charge on any atom is -0.490 e. The topological polar surface area (TPSA) is 75.7 Å². The lowest BCUT2D eigenvalue weighted by Gasteiger charge is -2.30. The fourth-order valence-corrected chi connectivity index (χ4v) is 5.60. The molecule has 6 nitrogen and oxygen atoms in total. The number of hydrogen-bond acceptors (Lipinski definition) is 4. The third-order valence-electron chi connectivity index (χ3n) is 5.43. The highest BCUT2D eigenvalue weighted by molar-refractivity contribution is 9.10. The van der Waals surface area contributed by atoms with Crippen molar-refractivity contribution in [2.24, 2.45) is 0 Å². The summed E-state index contributed by atoms with van der Waals surface area (Å²) in [5.41, 5.74) is 1.000. The van der Waals surface area contributed by atoms with Crippen LogP contribution >= 0.6 is 15.9 Å². The van der Waals surface area contributed by atoms with Crippen LogP contribution in [-0.4, -0.2) is 37.8 Å². The molecule has 2 aromatic rings. The molecule has 0 radical (unpaired) electrons. The number of rotatable bonds is 7. The zero-order chi connectivity index (χ0) is 22.6. The van der Waals surface area contributed by atoms with Crippen LogP contribution in [-0.2, 0) is 10.0 Å². The van der Waals surface area contributed by atoms with Gasteiger partial charge in [-0.3, -0.25) is 4.79 Å². The largest absolute Gasteiger partial charge is 0.490 e. The Morgan fingerprint density at radius 3 is 2.32 bits per heavy atom. The van der Waals surface area contributed by atoms with Gasteiger partial charge in [-0.05, 0) is 85.1 Å². The van der Waals surface area contributed by atoms with Crippen molar-refractivity contribution < 1.29 is 17.9 Å². The van der Waals surface area contributed by atoms with Crippen molar-refractivity contribution in [1.29, 1.82) is 0 Å². The molecule has 0 bridgehead atoms. The molecular weight excluding hydrogens is 480 g/mol. The maximum Gasteiger partial charge on any atom is 0.255 e. The van der Waals surface area contributed by atoms with Crippen molar-refractivity contribution in [3.05, 3.63) is 52.5 Å². The van der Waals surface area contributed by atoms with Crippen LogP contribution in [0.25, 0.3) is 0 Å². The Morgan fingerprint density at radius 2 is 1.74 bits per heavy atom. The van der Waals surface area contributed by atoms with Crippen LogP contribution in [0.4, 0.5) is 5.69 Å². The van der Waals surface area contributed by atoms with Crippen LogP contribution < -0.4 is 10.1 Å². The fourth-order valence-electron chi connectivity index (χ4n) is 3.71. The highest BCUT2D eigenvalue weighted by atomic mass is 79.9. The number of ether oxygens (including phenoxy) is 1. The van der Waals surface area contributed by atoms with Crippen LogP contribution in [0.15, 0.2) is 51.8 Å². The Labute approximate surface area is 193 Å². The Balaban J connectivity index is 1.68. The van der Waals surface area contributed by atoms with E-state index in [2.05, 4.69) is 21.2 Å². The third kappa shape index (κ3) is 5.87. The van der Waals surface area contributed by atoms with E-state index < -0.39 is 10.0 Å². The summed E-state index contributed by atoms with van der Waals surface area (Å²) in [6.07, 6.45) is 5.14. The molecular formula is C23H29BrN2O4S. The van der Waals surface area contributed by atoms with Crippen molar-refractivity contribution in [3.63, 3.8) is 0 Å². The molecule has 3 rings (SSSR count). The van der Waals surface area contributed by atoms with E-state index in [0.29, 0.717) is 21.5 Å². The molecule has 1 aliphatic rings. The Hall–Kier alpha value is -1.90. The molecule has 8 heteroatoms. The van der Waals surface area contributed by atoms with Crippen molar-refractivity contribution in [1.82, 2.24) is 4.31 Å². The second-order valence-corrected chi connectivity index (χ2v) is 11.0. The Bertz CT molecular complexity index is 1020. The van der Waals surface area contributed by atoms with Crippen LogP contribution in [0.5, 0.6) is 5.75 Å². The zero-order valence-electron chi connectivity index (χ0n) is 18.1. The van der Waals surface area contributed by atoms with Crippen LogP contribution in [0.3, 0.4) is 0 Å². The molecule has 1 amide bonds. The maximum absolute atomic E-state index is 13.0. The molecule has 1 fully saturated rings. The van der Waals surface area contributed by atoms with E-state index in [1.807, 2.05) is 13.8 Å². The number of halogens is 1. The highest BCUT2D eigenvalue weighted by Gasteiger charge is 2.29. The van der Waals surface area contributed by atoms with Crippen molar-refractivity contribution in [3.8, 4) is 5.75 Å². The number of carbonyl (C=O) groups excluding carboxylic acids is 1. The van der Waals surface area contributed by atoms with Gasteiger partial charge in [-0.2, -0.15) is 4.31 Å². The van der Waals surface area contributed by atoms with Gasteiger partial charge in [0, 0.05) is 24.3 Å². The van der Waals surface area contributed by atoms with Gasteiger partial charge in [-0.1, -0.05) is 19.3 Å². The van der Waals surface area contributed by atoms with Crippen molar-refractivity contribution >= 4 is 37.5 Å².